The SMILES string of the molecule is COC(=O)c1cc(=O)n(C2CC(O)C2)cc1C(=O)OC(C)(C)C. The molecule has 1 aliphatic carbocycles. The molecule has 1 N–H and O–H groups in total. The molecule has 0 aliphatic heterocycles. The van der Waals surface area contributed by atoms with E-state index in [2.05, 4.69) is 4.74 Å². The van der Waals surface area contributed by atoms with Crippen LogP contribution < -0.4 is 5.56 Å². The standard InChI is InChI=1S/C16H21NO6/c1-16(2,3)23-15(21)12-8-17(9-5-10(18)6-9)13(19)7-11(12)14(20)22-4/h7-10,18H,5-6H2,1-4H3. The Bertz CT molecular complexity index is 679. The minimum absolute atomic E-state index is 0.0206. The summed E-state index contributed by atoms with van der Waals surface area (Å²) in [6.45, 7) is 5.13. The molecule has 23 heavy (non-hydrogen) atoms. The number of carbonyl (C=O) groups is 2. The lowest BCUT2D eigenvalue weighted by Gasteiger charge is -2.33. The number of aromatic nitrogens is 1. The monoisotopic (exact) mass is 323 g/mol. The van der Waals surface area contributed by atoms with Crippen molar-refractivity contribution in [2.45, 2.75) is 51.4 Å². The van der Waals surface area contributed by atoms with E-state index in [9.17, 15) is 19.5 Å². The molecule has 0 spiro atoms. The Morgan fingerprint density at radius 3 is 2.30 bits per heavy atom. The fourth-order valence-corrected chi connectivity index (χ4v) is 2.39. The van der Waals surface area contributed by atoms with Gasteiger partial charge in [0.05, 0.1) is 24.3 Å². The lowest BCUT2D eigenvalue weighted by atomic mass is 9.89. The highest BCUT2D eigenvalue weighted by Crippen LogP contribution is 2.31. The van der Waals surface area contributed by atoms with Crippen molar-refractivity contribution in [3.05, 3.63) is 33.7 Å². The van der Waals surface area contributed by atoms with Crippen LogP contribution in [0, 0.1) is 0 Å². The van der Waals surface area contributed by atoms with Crippen molar-refractivity contribution in [3.8, 4) is 0 Å². The fourth-order valence-electron chi connectivity index (χ4n) is 2.39. The van der Waals surface area contributed by atoms with E-state index in [1.807, 2.05) is 0 Å². The van der Waals surface area contributed by atoms with Gasteiger partial charge in [0.15, 0.2) is 0 Å². The van der Waals surface area contributed by atoms with Crippen LogP contribution >= 0.6 is 0 Å². The molecule has 0 unspecified atom stereocenters. The number of aliphatic hydroxyl groups excluding tert-OH is 1. The highest BCUT2D eigenvalue weighted by atomic mass is 16.6. The summed E-state index contributed by atoms with van der Waals surface area (Å²) >= 11 is 0. The predicted octanol–water partition coefficient (Wildman–Crippen LogP) is 1.29. The summed E-state index contributed by atoms with van der Waals surface area (Å²) in [4.78, 5) is 36.4. The molecule has 0 radical (unpaired) electrons. The summed E-state index contributed by atoms with van der Waals surface area (Å²) in [5.41, 5.74) is -1.30. The number of hydrogen-bond acceptors (Lipinski definition) is 6. The molecule has 1 aromatic rings. The first-order chi connectivity index (χ1) is 10.6. The molecule has 2 rings (SSSR count). The highest BCUT2D eigenvalue weighted by Gasteiger charge is 2.32. The topological polar surface area (TPSA) is 94.8 Å². The Balaban J connectivity index is 2.47. The molecule has 1 aromatic heterocycles. The van der Waals surface area contributed by atoms with Gasteiger partial charge in [-0.25, -0.2) is 9.59 Å². The molecule has 7 nitrogen and oxygen atoms in total. The Hall–Kier alpha value is -2.15. The summed E-state index contributed by atoms with van der Waals surface area (Å²) in [7, 11) is 1.18. The number of carbonyl (C=O) groups excluding carboxylic acids is 2. The van der Waals surface area contributed by atoms with Crippen molar-refractivity contribution < 1.29 is 24.2 Å². The van der Waals surface area contributed by atoms with Gasteiger partial charge in [0, 0.05) is 18.3 Å². The van der Waals surface area contributed by atoms with Crippen LogP contribution in [0.25, 0.3) is 0 Å². The van der Waals surface area contributed by atoms with Crippen LogP contribution in [-0.4, -0.2) is 40.4 Å². The molecule has 1 aliphatic rings. The van der Waals surface area contributed by atoms with Crippen molar-refractivity contribution in [3.63, 3.8) is 0 Å². The number of rotatable bonds is 3. The van der Waals surface area contributed by atoms with Crippen molar-refractivity contribution in [1.29, 1.82) is 0 Å². The average Bonchev–Trinajstić information content (AvgIpc) is 2.41. The zero-order chi connectivity index (χ0) is 17.4. The fraction of sp³-hybridized carbons (Fsp3) is 0.562. The molecule has 0 amide bonds. The molecular weight excluding hydrogens is 302 g/mol. The third kappa shape index (κ3) is 3.79. The van der Waals surface area contributed by atoms with Gasteiger partial charge in [0.25, 0.3) is 5.56 Å². The van der Waals surface area contributed by atoms with Crippen molar-refractivity contribution in [1.82, 2.24) is 4.57 Å². The van der Waals surface area contributed by atoms with Crippen LogP contribution in [0.3, 0.4) is 0 Å². The van der Waals surface area contributed by atoms with Gasteiger partial charge in [-0.3, -0.25) is 4.79 Å². The number of pyridine rings is 1. The maximum Gasteiger partial charge on any atom is 0.341 e. The minimum atomic E-state index is -0.774. The molecule has 1 heterocycles. The number of methoxy groups -OCH3 is 1. The van der Waals surface area contributed by atoms with Crippen LogP contribution in [0.2, 0.25) is 0 Å². The minimum Gasteiger partial charge on any atom is -0.465 e. The Morgan fingerprint density at radius 1 is 1.22 bits per heavy atom. The molecule has 126 valence electrons. The van der Waals surface area contributed by atoms with E-state index < -0.39 is 29.2 Å². The lowest BCUT2D eigenvalue weighted by molar-refractivity contribution is 0.00626. The van der Waals surface area contributed by atoms with Gasteiger partial charge < -0.3 is 19.1 Å². The second-order valence-electron chi connectivity index (χ2n) is 6.62. The van der Waals surface area contributed by atoms with Gasteiger partial charge in [-0.15, -0.1) is 0 Å². The summed E-state index contributed by atoms with van der Waals surface area (Å²) < 4.78 is 11.3. The first-order valence-corrected chi connectivity index (χ1v) is 7.38. The van der Waals surface area contributed by atoms with Crippen molar-refractivity contribution in [2.24, 2.45) is 0 Å². The van der Waals surface area contributed by atoms with E-state index in [4.69, 9.17) is 4.74 Å². The second kappa shape index (κ2) is 6.16. The van der Waals surface area contributed by atoms with Crippen LogP contribution in [0.15, 0.2) is 17.1 Å². The average molecular weight is 323 g/mol. The van der Waals surface area contributed by atoms with Gasteiger partial charge in [0.2, 0.25) is 0 Å². The Labute approximate surface area is 133 Å². The summed E-state index contributed by atoms with van der Waals surface area (Å²) in [6, 6.07) is 0.890. The lowest BCUT2D eigenvalue weighted by Crippen LogP contribution is -2.37. The maximum absolute atomic E-state index is 12.4. The van der Waals surface area contributed by atoms with E-state index >= 15 is 0 Å². The van der Waals surface area contributed by atoms with Crippen LogP contribution in [0.4, 0.5) is 0 Å². The third-order valence-corrected chi connectivity index (χ3v) is 3.59. The van der Waals surface area contributed by atoms with Crippen LogP contribution in [-0.2, 0) is 9.47 Å². The zero-order valence-corrected chi connectivity index (χ0v) is 13.7. The number of esters is 2. The van der Waals surface area contributed by atoms with Crippen LogP contribution in [0.5, 0.6) is 0 Å². The van der Waals surface area contributed by atoms with Gasteiger partial charge in [-0.05, 0) is 33.6 Å². The summed E-state index contributed by atoms with van der Waals surface area (Å²) in [5.74, 6) is -1.48. The number of aliphatic hydroxyl groups is 1. The molecule has 0 bridgehead atoms. The van der Waals surface area contributed by atoms with E-state index in [1.165, 1.54) is 17.9 Å². The molecule has 1 fully saturated rings. The Morgan fingerprint density at radius 2 is 1.83 bits per heavy atom. The first-order valence-electron chi connectivity index (χ1n) is 7.38. The smallest absolute Gasteiger partial charge is 0.341 e. The molecule has 0 saturated heterocycles. The second-order valence-corrected chi connectivity index (χ2v) is 6.62. The predicted molar refractivity (Wildman–Crippen MR) is 81.5 cm³/mol. The van der Waals surface area contributed by atoms with E-state index in [-0.39, 0.29) is 17.2 Å². The number of ether oxygens (including phenoxy) is 2. The van der Waals surface area contributed by atoms with E-state index in [0.717, 1.165) is 6.07 Å². The van der Waals surface area contributed by atoms with Crippen molar-refractivity contribution >= 4 is 11.9 Å². The summed E-state index contributed by atoms with van der Waals surface area (Å²) in [5, 5.41) is 9.40. The normalized spacial score (nSPS) is 20.6. The number of hydrogen-bond donors (Lipinski definition) is 1. The quantitative estimate of drug-likeness (QED) is 0.842. The molecule has 1 saturated carbocycles. The van der Waals surface area contributed by atoms with E-state index in [1.54, 1.807) is 20.8 Å². The van der Waals surface area contributed by atoms with Gasteiger partial charge >= 0.3 is 11.9 Å². The third-order valence-electron chi connectivity index (χ3n) is 3.59. The van der Waals surface area contributed by atoms with Gasteiger partial charge in [-0.2, -0.15) is 0 Å². The maximum atomic E-state index is 12.4. The molecular formula is C16H21NO6. The Kier molecular flexibility index (Phi) is 4.61. The molecule has 0 atom stereocenters. The van der Waals surface area contributed by atoms with Gasteiger partial charge in [-0.1, -0.05) is 0 Å². The highest BCUT2D eigenvalue weighted by molar-refractivity contribution is 6.02. The van der Waals surface area contributed by atoms with Crippen LogP contribution in [0.1, 0.15) is 60.4 Å². The molecule has 0 aromatic carbocycles. The summed E-state index contributed by atoms with van der Waals surface area (Å²) in [6.07, 6.45) is 1.74. The van der Waals surface area contributed by atoms with Gasteiger partial charge in [0.1, 0.15) is 5.60 Å². The van der Waals surface area contributed by atoms with E-state index in [0.29, 0.717) is 12.8 Å². The first kappa shape index (κ1) is 17.2. The zero-order valence-electron chi connectivity index (χ0n) is 13.7. The number of nitrogens with zero attached hydrogens (tertiary/aromatic N) is 1. The molecule has 7 heteroatoms. The van der Waals surface area contributed by atoms with Crippen molar-refractivity contribution in [2.75, 3.05) is 7.11 Å². The largest absolute Gasteiger partial charge is 0.465 e.